The van der Waals surface area contributed by atoms with Gasteiger partial charge in [0.25, 0.3) is 0 Å². The molecule has 6 nitrogen and oxygen atoms in total. The molecule has 2 fully saturated rings. The number of likely N-dealkylation sites (tertiary alicyclic amines) is 1. The third kappa shape index (κ3) is 4.39. The van der Waals surface area contributed by atoms with Crippen molar-refractivity contribution in [2.24, 2.45) is 5.73 Å². The third-order valence-corrected chi connectivity index (χ3v) is 4.73. The molecule has 2 heterocycles. The number of piperidine rings is 1. The van der Waals surface area contributed by atoms with E-state index < -0.39 is 6.04 Å². The van der Waals surface area contributed by atoms with Crippen LogP contribution in [-0.2, 0) is 14.3 Å². The Labute approximate surface area is 127 Å². The van der Waals surface area contributed by atoms with Gasteiger partial charge in [-0.25, -0.2) is 0 Å². The number of methoxy groups -OCH3 is 1. The molecule has 0 aromatic heterocycles. The second-order valence-corrected chi connectivity index (χ2v) is 6.16. The molecule has 0 radical (unpaired) electrons. The van der Waals surface area contributed by atoms with Crippen LogP contribution >= 0.6 is 0 Å². The van der Waals surface area contributed by atoms with Crippen molar-refractivity contribution >= 4 is 5.91 Å². The van der Waals surface area contributed by atoms with Gasteiger partial charge in [-0.05, 0) is 38.8 Å². The van der Waals surface area contributed by atoms with E-state index in [2.05, 4.69) is 10.2 Å². The van der Waals surface area contributed by atoms with Crippen LogP contribution < -0.4 is 11.1 Å². The lowest BCUT2D eigenvalue weighted by Gasteiger charge is -2.48. The second kappa shape index (κ2) is 8.08. The van der Waals surface area contributed by atoms with Gasteiger partial charge in [-0.15, -0.1) is 0 Å². The minimum absolute atomic E-state index is 0.0428. The summed E-state index contributed by atoms with van der Waals surface area (Å²) in [6.45, 7) is 4.71. The van der Waals surface area contributed by atoms with Crippen molar-refractivity contribution < 1.29 is 14.3 Å². The fourth-order valence-corrected chi connectivity index (χ4v) is 3.36. The molecule has 0 aromatic carbocycles. The molecule has 2 aliphatic rings. The molecule has 0 spiro atoms. The maximum absolute atomic E-state index is 12.0. The molecular formula is C15H29N3O3. The number of carbonyl (C=O) groups is 1. The third-order valence-electron chi connectivity index (χ3n) is 4.73. The highest BCUT2D eigenvalue weighted by atomic mass is 16.5. The number of nitrogens with zero attached hydrogens (tertiary/aromatic N) is 1. The highest BCUT2D eigenvalue weighted by molar-refractivity contribution is 5.81. The number of ether oxygens (including phenoxy) is 2. The minimum Gasteiger partial charge on any atom is -0.383 e. The highest BCUT2D eigenvalue weighted by Gasteiger charge is 2.39. The van der Waals surface area contributed by atoms with Crippen LogP contribution in [0.3, 0.4) is 0 Å². The van der Waals surface area contributed by atoms with Crippen molar-refractivity contribution in [1.82, 2.24) is 10.2 Å². The van der Waals surface area contributed by atoms with Crippen LogP contribution in [0.25, 0.3) is 0 Å². The van der Waals surface area contributed by atoms with Crippen LogP contribution in [0.5, 0.6) is 0 Å². The number of amides is 1. The Morgan fingerprint density at radius 3 is 2.62 bits per heavy atom. The van der Waals surface area contributed by atoms with Gasteiger partial charge in [0.05, 0.1) is 6.61 Å². The molecule has 1 atom stereocenters. The molecule has 0 aliphatic carbocycles. The van der Waals surface area contributed by atoms with E-state index in [-0.39, 0.29) is 18.1 Å². The minimum atomic E-state index is -0.590. The number of hydrogen-bond donors (Lipinski definition) is 2. The van der Waals surface area contributed by atoms with Gasteiger partial charge in [0.2, 0.25) is 5.91 Å². The van der Waals surface area contributed by atoms with Crippen molar-refractivity contribution in [2.75, 3.05) is 46.6 Å². The fraction of sp³-hybridized carbons (Fsp3) is 0.933. The molecule has 1 amide bonds. The number of nitrogens with two attached hydrogens (primary N) is 1. The van der Waals surface area contributed by atoms with Crippen LogP contribution in [0.1, 0.15) is 32.1 Å². The van der Waals surface area contributed by atoms with E-state index in [1.165, 1.54) is 19.3 Å². The topological polar surface area (TPSA) is 76.8 Å². The quantitative estimate of drug-likeness (QED) is 0.728. The van der Waals surface area contributed by atoms with Crippen LogP contribution in [-0.4, -0.2) is 69.0 Å². The fourth-order valence-electron chi connectivity index (χ4n) is 3.36. The molecule has 122 valence electrons. The summed E-state index contributed by atoms with van der Waals surface area (Å²) in [5.41, 5.74) is 5.83. The summed E-state index contributed by atoms with van der Waals surface area (Å²) in [6.07, 6.45) is 5.77. The van der Waals surface area contributed by atoms with E-state index in [9.17, 15) is 4.79 Å². The molecule has 0 bridgehead atoms. The average molecular weight is 299 g/mol. The zero-order valence-corrected chi connectivity index (χ0v) is 13.1. The van der Waals surface area contributed by atoms with Crippen molar-refractivity contribution in [3.8, 4) is 0 Å². The molecule has 3 N–H and O–H groups in total. The van der Waals surface area contributed by atoms with Gasteiger partial charge in [0.1, 0.15) is 6.04 Å². The predicted octanol–water partition coefficient (Wildman–Crippen LogP) is 0.111. The number of nitrogens with one attached hydrogen (secondary N) is 1. The second-order valence-electron chi connectivity index (χ2n) is 6.16. The SMILES string of the molecule is COCC(N)C(=O)NCC1(N2CCCCC2)CCOCC1. The Bertz CT molecular complexity index is 326. The molecule has 0 aromatic rings. The van der Waals surface area contributed by atoms with Gasteiger partial charge in [-0.1, -0.05) is 6.42 Å². The summed E-state index contributed by atoms with van der Waals surface area (Å²) in [6, 6.07) is -0.590. The molecular weight excluding hydrogens is 270 g/mol. The molecule has 2 saturated heterocycles. The summed E-state index contributed by atoms with van der Waals surface area (Å²) >= 11 is 0. The monoisotopic (exact) mass is 299 g/mol. The normalized spacial score (nSPS) is 24.5. The molecule has 6 heteroatoms. The van der Waals surface area contributed by atoms with Gasteiger partial charge in [0.15, 0.2) is 0 Å². The largest absolute Gasteiger partial charge is 0.383 e. The number of carbonyl (C=O) groups excluding carboxylic acids is 1. The van der Waals surface area contributed by atoms with Gasteiger partial charge in [-0.2, -0.15) is 0 Å². The first-order chi connectivity index (χ1) is 10.2. The zero-order valence-electron chi connectivity index (χ0n) is 13.1. The van der Waals surface area contributed by atoms with Crippen molar-refractivity contribution in [2.45, 2.75) is 43.7 Å². The Morgan fingerprint density at radius 1 is 1.33 bits per heavy atom. The van der Waals surface area contributed by atoms with Crippen LogP contribution in [0.15, 0.2) is 0 Å². The number of rotatable bonds is 6. The first kappa shape index (κ1) is 16.7. The van der Waals surface area contributed by atoms with Gasteiger partial charge in [0, 0.05) is 32.4 Å². The van der Waals surface area contributed by atoms with E-state index in [0.717, 1.165) is 39.1 Å². The molecule has 0 saturated carbocycles. The summed E-state index contributed by atoms with van der Waals surface area (Å²) in [5, 5.41) is 3.03. The lowest BCUT2D eigenvalue weighted by Crippen LogP contribution is -2.60. The smallest absolute Gasteiger partial charge is 0.239 e. The van der Waals surface area contributed by atoms with Crippen LogP contribution in [0, 0.1) is 0 Å². The highest BCUT2D eigenvalue weighted by Crippen LogP contribution is 2.30. The van der Waals surface area contributed by atoms with Crippen molar-refractivity contribution in [3.05, 3.63) is 0 Å². The van der Waals surface area contributed by atoms with Crippen molar-refractivity contribution in [1.29, 1.82) is 0 Å². The van der Waals surface area contributed by atoms with E-state index in [1.54, 1.807) is 7.11 Å². The Hall–Kier alpha value is -0.690. The summed E-state index contributed by atoms with van der Waals surface area (Å²) < 4.78 is 10.5. The van der Waals surface area contributed by atoms with Gasteiger partial charge in [-0.3, -0.25) is 9.69 Å². The lowest BCUT2D eigenvalue weighted by molar-refractivity contribution is -0.125. The predicted molar refractivity (Wildman–Crippen MR) is 81.1 cm³/mol. The van der Waals surface area contributed by atoms with E-state index in [4.69, 9.17) is 15.2 Å². The molecule has 1 unspecified atom stereocenters. The average Bonchev–Trinajstić information content (AvgIpc) is 2.54. The Kier molecular flexibility index (Phi) is 6.41. The Balaban J connectivity index is 1.94. The summed E-state index contributed by atoms with van der Waals surface area (Å²) in [5.74, 6) is -0.125. The van der Waals surface area contributed by atoms with Gasteiger partial charge >= 0.3 is 0 Å². The molecule has 2 aliphatic heterocycles. The maximum atomic E-state index is 12.0. The lowest BCUT2D eigenvalue weighted by atomic mass is 9.86. The van der Waals surface area contributed by atoms with Crippen molar-refractivity contribution in [3.63, 3.8) is 0 Å². The van der Waals surface area contributed by atoms with E-state index >= 15 is 0 Å². The number of hydrogen-bond acceptors (Lipinski definition) is 5. The summed E-state index contributed by atoms with van der Waals surface area (Å²) in [7, 11) is 1.56. The first-order valence-corrected chi connectivity index (χ1v) is 8.03. The van der Waals surface area contributed by atoms with Gasteiger partial charge < -0.3 is 20.5 Å². The Morgan fingerprint density at radius 2 is 2.00 bits per heavy atom. The van der Waals surface area contributed by atoms with Crippen LogP contribution in [0.2, 0.25) is 0 Å². The standard InChI is InChI=1S/C15H29N3O3/c1-20-11-13(16)14(19)17-12-15(5-9-21-10-6-15)18-7-3-2-4-8-18/h13H,2-12,16H2,1H3,(H,17,19). The maximum Gasteiger partial charge on any atom is 0.239 e. The first-order valence-electron chi connectivity index (χ1n) is 8.03. The van der Waals surface area contributed by atoms with E-state index in [1.807, 2.05) is 0 Å². The van der Waals surface area contributed by atoms with Crippen LogP contribution in [0.4, 0.5) is 0 Å². The zero-order chi connectivity index (χ0) is 15.1. The van der Waals surface area contributed by atoms with E-state index in [0.29, 0.717) is 6.54 Å². The summed E-state index contributed by atoms with van der Waals surface area (Å²) in [4.78, 5) is 14.6. The molecule has 21 heavy (non-hydrogen) atoms. The molecule has 2 rings (SSSR count).